The maximum atomic E-state index is 5.54. The molecule has 0 spiro atoms. The molecule has 1 aromatic heterocycles. The van der Waals surface area contributed by atoms with E-state index in [9.17, 15) is 0 Å². The van der Waals surface area contributed by atoms with E-state index >= 15 is 0 Å². The normalized spacial score (nSPS) is 11.7. The minimum atomic E-state index is -0.0701. The summed E-state index contributed by atoms with van der Waals surface area (Å²) in [5, 5.41) is 1.04. The van der Waals surface area contributed by atoms with Gasteiger partial charge in [-0.2, -0.15) is 0 Å². The molecule has 0 unspecified atom stereocenters. The molecule has 102 valence electrons. The van der Waals surface area contributed by atoms with Crippen molar-refractivity contribution in [2.75, 3.05) is 11.2 Å². The number of nitrogens with two attached hydrogens (primary N) is 1. The first-order chi connectivity index (χ1) is 8.40. The number of hydrogen-bond acceptors (Lipinski definition) is 5. The van der Waals surface area contributed by atoms with Gasteiger partial charge < -0.3 is 5.43 Å². The Bertz CT molecular complexity index is 399. The molecular formula is C13H24N4S. The Kier molecular flexibility index (Phi) is 5.41. The minimum Gasteiger partial charge on any atom is -0.308 e. The van der Waals surface area contributed by atoms with Gasteiger partial charge in [-0.3, -0.25) is 0 Å². The molecule has 0 amide bonds. The molecule has 1 rings (SSSR count). The van der Waals surface area contributed by atoms with Crippen LogP contribution in [0.2, 0.25) is 0 Å². The molecule has 0 saturated heterocycles. The Morgan fingerprint density at radius 1 is 1.28 bits per heavy atom. The fraction of sp³-hybridized carbons (Fsp3) is 0.692. The lowest BCUT2D eigenvalue weighted by atomic mass is 9.95. The van der Waals surface area contributed by atoms with Crippen molar-refractivity contribution in [3.63, 3.8) is 0 Å². The third kappa shape index (κ3) is 3.85. The first-order valence-corrected chi connectivity index (χ1v) is 7.37. The number of rotatable bonds is 5. The van der Waals surface area contributed by atoms with Gasteiger partial charge in [0.05, 0.1) is 0 Å². The third-order valence-corrected chi connectivity index (χ3v) is 3.81. The largest absolute Gasteiger partial charge is 0.308 e. The van der Waals surface area contributed by atoms with Gasteiger partial charge in [0.25, 0.3) is 0 Å². The van der Waals surface area contributed by atoms with Gasteiger partial charge >= 0.3 is 0 Å². The molecule has 18 heavy (non-hydrogen) atoms. The molecule has 0 bridgehead atoms. The number of hydrogen-bond donors (Lipinski definition) is 2. The van der Waals surface area contributed by atoms with Gasteiger partial charge in [0.15, 0.2) is 0 Å². The van der Waals surface area contributed by atoms with Crippen LogP contribution in [-0.4, -0.2) is 15.7 Å². The molecule has 4 nitrogen and oxygen atoms in total. The lowest BCUT2D eigenvalue weighted by Crippen LogP contribution is -2.20. The highest BCUT2D eigenvalue weighted by Crippen LogP contribution is 2.29. The van der Waals surface area contributed by atoms with E-state index in [2.05, 4.69) is 43.1 Å². The molecule has 0 aliphatic heterocycles. The first-order valence-electron chi connectivity index (χ1n) is 6.38. The molecule has 0 fully saturated rings. The van der Waals surface area contributed by atoms with Gasteiger partial charge in [-0.15, -0.1) is 11.8 Å². The smallest absolute Gasteiger partial charge is 0.147 e. The predicted molar refractivity (Wildman–Crippen MR) is 78.9 cm³/mol. The lowest BCUT2D eigenvalue weighted by molar-refractivity contribution is 0.538. The van der Waals surface area contributed by atoms with Crippen LogP contribution in [0.4, 0.5) is 5.82 Å². The van der Waals surface area contributed by atoms with Crippen LogP contribution in [-0.2, 0) is 5.41 Å². The van der Waals surface area contributed by atoms with E-state index in [1.807, 2.05) is 6.92 Å². The van der Waals surface area contributed by atoms with Gasteiger partial charge in [-0.05, 0) is 19.1 Å². The Morgan fingerprint density at radius 3 is 2.44 bits per heavy atom. The van der Waals surface area contributed by atoms with Gasteiger partial charge in [0.2, 0.25) is 0 Å². The number of nitrogens with one attached hydrogen (secondary N) is 1. The van der Waals surface area contributed by atoms with Crippen LogP contribution in [0.1, 0.15) is 51.9 Å². The summed E-state index contributed by atoms with van der Waals surface area (Å²) < 4.78 is 0. The summed E-state index contributed by atoms with van der Waals surface area (Å²) in [7, 11) is 0. The van der Waals surface area contributed by atoms with Crippen LogP contribution in [0, 0.1) is 6.92 Å². The van der Waals surface area contributed by atoms with Crippen molar-refractivity contribution in [3.05, 3.63) is 11.4 Å². The average molecular weight is 268 g/mol. The lowest BCUT2D eigenvalue weighted by Gasteiger charge is -2.20. The highest BCUT2D eigenvalue weighted by molar-refractivity contribution is 7.99. The van der Waals surface area contributed by atoms with Crippen LogP contribution in [0.3, 0.4) is 0 Å². The quantitative estimate of drug-likeness (QED) is 0.282. The summed E-state index contributed by atoms with van der Waals surface area (Å²) in [6.07, 6.45) is 2.40. The molecule has 0 aromatic carbocycles. The second-order valence-corrected chi connectivity index (χ2v) is 6.51. The van der Waals surface area contributed by atoms with Crippen molar-refractivity contribution in [2.24, 2.45) is 5.84 Å². The first kappa shape index (κ1) is 15.2. The van der Waals surface area contributed by atoms with Crippen molar-refractivity contribution >= 4 is 17.6 Å². The van der Waals surface area contributed by atoms with Gasteiger partial charge in [0, 0.05) is 11.0 Å². The summed E-state index contributed by atoms with van der Waals surface area (Å²) in [6, 6.07) is 0. The van der Waals surface area contributed by atoms with Crippen molar-refractivity contribution in [3.8, 4) is 0 Å². The van der Waals surface area contributed by atoms with Gasteiger partial charge in [0.1, 0.15) is 16.7 Å². The number of thioether (sulfide) groups is 1. The van der Waals surface area contributed by atoms with Crippen LogP contribution >= 0.6 is 11.8 Å². The molecule has 0 radical (unpaired) electrons. The molecule has 5 heteroatoms. The van der Waals surface area contributed by atoms with Gasteiger partial charge in [-0.25, -0.2) is 15.8 Å². The molecule has 3 N–H and O–H groups in total. The highest BCUT2D eigenvalue weighted by Gasteiger charge is 2.20. The second-order valence-electron chi connectivity index (χ2n) is 5.42. The van der Waals surface area contributed by atoms with E-state index in [0.717, 1.165) is 28.0 Å². The third-order valence-electron chi connectivity index (χ3n) is 2.65. The van der Waals surface area contributed by atoms with Crippen molar-refractivity contribution in [2.45, 2.75) is 57.9 Å². The number of unbranched alkanes of at least 4 members (excludes halogenated alkanes) is 1. The summed E-state index contributed by atoms with van der Waals surface area (Å²) in [4.78, 5) is 9.17. The van der Waals surface area contributed by atoms with Crippen LogP contribution < -0.4 is 11.3 Å². The molecular weight excluding hydrogens is 244 g/mol. The summed E-state index contributed by atoms with van der Waals surface area (Å²) in [6.45, 7) is 10.5. The van der Waals surface area contributed by atoms with E-state index in [1.54, 1.807) is 11.8 Å². The Balaban J connectivity index is 3.07. The predicted octanol–water partition coefficient (Wildman–Crippen LogP) is 3.26. The zero-order valence-corrected chi connectivity index (χ0v) is 12.8. The zero-order chi connectivity index (χ0) is 13.8. The Morgan fingerprint density at radius 2 is 1.94 bits per heavy atom. The van der Waals surface area contributed by atoms with E-state index in [0.29, 0.717) is 0 Å². The minimum absolute atomic E-state index is 0.0701. The molecule has 0 aliphatic carbocycles. The van der Waals surface area contributed by atoms with E-state index < -0.39 is 0 Å². The number of hydrazine groups is 1. The monoisotopic (exact) mass is 268 g/mol. The van der Waals surface area contributed by atoms with Gasteiger partial charge in [-0.1, -0.05) is 34.1 Å². The van der Waals surface area contributed by atoms with Crippen LogP contribution in [0.25, 0.3) is 0 Å². The molecule has 0 aliphatic rings. The second kappa shape index (κ2) is 6.38. The molecule has 0 saturated carbocycles. The number of aromatic nitrogens is 2. The van der Waals surface area contributed by atoms with Crippen LogP contribution in [0.15, 0.2) is 5.03 Å². The number of nitrogens with zero attached hydrogens (tertiary/aromatic N) is 2. The van der Waals surface area contributed by atoms with E-state index in [4.69, 9.17) is 5.84 Å². The maximum absolute atomic E-state index is 5.54. The summed E-state index contributed by atoms with van der Waals surface area (Å²) >= 11 is 1.78. The molecule has 1 aromatic rings. The Hall–Kier alpha value is -0.810. The Labute approximate surface area is 114 Å². The molecule has 0 atom stereocenters. The maximum Gasteiger partial charge on any atom is 0.147 e. The van der Waals surface area contributed by atoms with E-state index in [1.165, 1.54) is 12.8 Å². The average Bonchev–Trinajstić information content (AvgIpc) is 2.30. The fourth-order valence-corrected chi connectivity index (χ4v) is 2.52. The topological polar surface area (TPSA) is 63.8 Å². The standard InChI is InChI=1S/C13H24N4S/c1-6-7-8-18-11-9(2)10(17-14)15-12(16-11)13(3,4)5/h6-8,14H2,1-5H3,(H,15,16,17). The number of anilines is 1. The fourth-order valence-electron chi connectivity index (χ4n) is 1.43. The van der Waals surface area contributed by atoms with E-state index in [-0.39, 0.29) is 5.41 Å². The molecule has 1 heterocycles. The highest BCUT2D eigenvalue weighted by atomic mass is 32.2. The number of nitrogen functional groups attached to an aromatic ring is 1. The van der Waals surface area contributed by atoms with Crippen molar-refractivity contribution < 1.29 is 0 Å². The summed E-state index contributed by atoms with van der Waals surface area (Å²) in [5.74, 6) is 8.19. The van der Waals surface area contributed by atoms with Crippen LogP contribution in [0.5, 0.6) is 0 Å². The van der Waals surface area contributed by atoms with Crippen molar-refractivity contribution in [1.29, 1.82) is 0 Å². The summed E-state index contributed by atoms with van der Waals surface area (Å²) in [5.41, 5.74) is 3.64. The van der Waals surface area contributed by atoms with Crippen molar-refractivity contribution in [1.82, 2.24) is 9.97 Å². The zero-order valence-electron chi connectivity index (χ0n) is 12.0. The SMILES string of the molecule is CCCCSc1nc(C(C)(C)C)nc(NN)c1C.